The van der Waals surface area contributed by atoms with Gasteiger partial charge in [0.2, 0.25) is 8.32 Å². The van der Waals surface area contributed by atoms with Crippen molar-refractivity contribution < 1.29 is 8.82 Å². The molecule has 0 N–H and O–H groups in total. The van der Waals surface area contributed by atoms with Gasteiger partial charge in [0, 0.05) is 5.56 Å². The summed E-state index contributed by atoms with van der Waals surface area (Å²) >= 11 is 0. The molecule has 0 amide bonds. The Morgan fingerprint density at radius 2 is 1.73 bits per heavy atom. The predicted octanol–water partition coefficient (Wildman–Crippen LogP) is 4.11. The van der Waals surface area contributed by atoms with Gasteiger partial charge in [0.15, 0.2) is 0 Å². The van der Waals surface area contributed by atoms with E-state index in [0.717, 1.165) is 11.1 Å². The van der Waals surface area contributed by atoms with Gasteiger partial charge >= 0.3 is 0 Å². The summed E-state index contributed by atoms with van der Waals surface area (Å²) in [6, 6.07) is 7.65. The summed E-state index contributed by atoms with van der Waals surface area (Å²) in [6.07, 6.45) is 0.545. The minimum absolute atomic E-state index is 0.342. The average molecular weight is 224 g/mol. The van der Waals surface area contributed by atoms with Crippen LogP contribution in [0.4, 0.5) is 4.39 Å². The first-order valence-corrected chi connectivity index (χ1v) is 8.39. The third kappa shape index (κ3) is 3.87. The molecule has 82 valence electrons. The molecule has 1 rings (SSSR count). The summed E-state index contributed by atoms with van der Waals surface area (Å²) in [5.74, 6) is 0.342. The number of benzene rings is 1. The molecule has 0 radical (unpaired) electrons. The zero-order chi connectivity index (χ0) is 11.5. The molecule has 0 bridgehead atoms. The highest BCUT2D eigenvalue weighted by Gasteiger charge is 2.18. The SMILES string of the molecule is Cc1ccc(C(=CF)O[Si](C)(C)C)cc1. The molecular weight excluding hydrogens is 207 g/mol. The van der Waals surface area contributed by atoms with Crippen LogP contribution >= 0.6 is 0 Å². The lowest BCUT2D eigenvalue weighted by Gasteiger charge is -2.21. The molecule has 1 nitrogen and oxygen atoms in total. The van der Waals surface area contributed by atoms with Crippen LogP contribution in [0.1, 0.15) is 11.1 Å². The van der Waals surface area contributed by atoms with Crippen LogP contribution in [0.25, 0.3) is 5.76 Å². The van der Waals surface area contributed by atoms with Crippen LogP contribution in [0.15, 0.2) is 30.6 Å². The number of aryl methyl sites for hydroxylation is 1. The molecule has 0 unspecified atom stereocenters. The number of rotatable bonds is 3. The van der Waals surface area contributed by atoms with Crippen molar-refractivity contribution in [3.05, 3.63) is 41.7 Å². The Morgan fingerprint density at radius 1 is 1.20 bits per heavy atom. The van der Waals surface area contributed by atoms with Crippen LogP contribution in [-0.2, 0) is 4.43 Å². The van der Waals surface area contributed by atoms with Gasteiger partial charge in [-0.05, 0) is 26.6 Å². The van der Waals surface area contributed by atoms with Gasteiger partial charge < -0.3 is 4.43 Å². The summed E-state index contributed by atoms with van der Waals surface area (Å²) in [4.78, 5) is 0. The zero-order valence-electron chi connectivity index (χ0n) is 9.67. The van der Waals surface area contributed by atoms with E-state index in [2.05, 4.69) is 0 Å². The van der Waals surface area contributed by atoms with Crippen molar-refractivity contribution in [3.63, 3.8) is 0 Å². The second-order valence-corrected chi connectivity index (χ2v) is 8.98. The smallest absolute Gasteiger partial charge is 0.242 e. The maximum absolute atomic E-state index is 12.7. The van der Waals surface area contributed by atoms with E-state index in [4.69, 9.17) is 4.43 Å². The monoisotopic (exact) mass is 224 g/mol. The molecule has 0 saturated carbocycles. The van der Waals surface area contributed by atoms with E-state index in [1.165, 1.54) is 0 Å². The van der Waals surface area contributed by atoms with Gasteiger partial charge in [0.05, 0.1) is 0 Å². The van der Waals surface area contributed by atoms with Gasteiger partial charge in [-0.3, -0.25) is 0 Å². The fourth-order valence-electron chi connectivity index (χ4n) is 1.19. The van der Waals surface area contributed by atoms with Crippen molar-refractivity contribution in [3.8, 4) is 0 Å². The minimum Gasteiger partial charge on any atom is -0.542 e. The van der Waals surface area contributed by atoms with Crippen molar-refractivity contribution in [2.45, 2.75) is 26.6 Å². The first-order valence-electron chi connectivity index (χ1n) is 4.99. The second kappa shape index (κ2) is 4.62. The van der Waals surface area contributed by atoms with Gasteiger partial charge in [0.25, 0.3) is 0 Å². The van der Waals surface area contributed by atoms with E-state index in [-0.39, 0.29) is 0 Å². The molecule has 0 spiro atoms. The highest BCUT2D eigenvalue weighted by Crippen LogP contribution is 2.21. The molecule has 0 aliphatic rings. The van der Waals surface area contributed by atoms with Crippen LogP contribution in [0, 0.1) is 6.92 Å². The fraction of sp³-hybridized carbons (Fsp3) is 0.333. The van der Waals surface area contributed by atoms with Crippen LogP contribution in [-0.4, -0.2) is 8.32 Å². The van der Waals surface area contributed by atoms with E-state index in [1.54, 1.807) is 0 Å². The van der Waals surface area contributed by atoms with Gasteiger partial charge in [-0.15, -0.1) is 0 Å². The third-order valence-corrected chi connectivity index (χ3v) is 2.68. The standard InChI is InChI=1S/C12H17FOSi/c1-10-5-7-11(8-6-10)12(9-13)14-15(2,3)4/h5-9H,1-4H3. The Kier molecular flexibility index (Phi) is 3.69. The van der Waals surface area contributed by atoms with E-state index in [9.17, 15) is 4.39 Å². The molecule has 0 aromatic heterocycles. The first-order chi connectivity index (χ1) is 6.92. The maximum Gasteiger partial charge on any atom is 0.242 e. The Hall–Kier alpha value is -1.09. The van der Waals surface area contributed by atoms with Crippen molar-refractivity contribution in [1.82, 2.24) is 0 Å². The van der Waals surface area contributed by atoms with Crippen molar-refractivity contribution in [1.29, 1.82) is 0 Å². The molecular formula is C12H17FOSi. The van der Waals surface area contributed by atoms with Crippen LogP contribution in [0.2, 0.25) is 19.6 Å². The van der Waals surface area contributed by atoms with Crippen LogP contribution in [0.5, 0.6) is 0 Å². The van der Waals surface area contributed by atoms with Gasteiger partial charge in [-0.2, -0.15) is 0 Å². The Labute approximate surface area is 91.7 Å². The quantitative estimate of drug-likeness (QED) is 0.554. The van der Waals surface area contributed by atoms with Gasteiger partial charge in [-0.1, -0.05) is 29.8 Å². The number of hydrogen-bond donors (Lipinski definition) is 0. The Bertz CT molecular complexity index is 349. The average Bonchev–Trinajstić information content (AvgIpc) is 2.14. The van der Waals surface area contributed by atoms with E-state index in [0.29, 0.717) is 12.1 Å². The summed E-state index contributed by atoms with van der Waals surface area (Å²) in [7, 11) is -1.75. The summed E-state index contributed by atoms with van der Waals surface area (Å²) < 4.78 is 18.3. The normalized spacial score (nSPS) is 12.7. The molecule has 1 aromatic rings. The zero-order valence-corrected chi connectivity index (χ0v) is 10.7. The lowest BCUT2D eigenvalue weighted by molar-refractivity contribution is 0.500. The van der Waals surface area contributed by atoms with E-state index in [1.807, 2.05) is 50.8 Å². The van der Waals surface area contributed by atoms with Crippen molar-refractivity contribution >= 4 is 14.1 Å². The fourth-order valence-corrected chi connectivity index (χ4v) is 2.01. The molecule has 3 heteroatoms. The largest absolute Gasteiger partial charge is 0.542 e. The van der Waals surface area contributed by atoms with Crippen molar-refractivity contribution in [2.75, 3.05) is 0 Å². The lowest BCUT2D eigenvalue weighted by atomic mass is 10.1. The third-order valence-electron chi connectivity index (χ3n) is 1.85. The van der Waals surface area contributed by atoms with Crippen molar-refractivity contribution in [2.24, 2.45) is 0 Å². The maximum atomic E-state index is 12.7. The summed E-state index contributed by atoms with van der Waals surface area (Å²) in [5.41, 5.74) is 1.95. The van der Waals surface area contributed by atoms with Crippen LogP contribution in [0.3, 0.4) is 0 Å². The second-order valence-electron chi connectivity index (χ2n) is 4.55. The minimum atomic E-state index is -1.75. The van der Waals surface area contributed by atoms with Gasteiger partial charge in [0.1, 0.15) is 12.1 Å². The van der Waals surface area contributed by atoms with E-state index < -0.39 is 8.32 Å². The summed E-state index contributed by atoms with van der Waals surface area (Å²) in [6.45, 7) is 8.10. The molecule has 0 fully saturated rings. The lowest BCUT2D eigenvalue weighted by Crippen LogP contribution is -2.24. The molecule has 0 aliphatic carbocycles. The Balaban J connectivity index is 2.90. The number of halogens is 1. The highest BCUT2D eigenvalue weighted by atomic mass is 28.4. The van der Waals surface area contributed by atoms with Crippen LogP contribution < -0.4 is 0 Å². The molecule has 0 atom stereocenters. The Morgan fingerprint density at radius 3 is 2.13 bits per heavy atom. The number of hydrogen-bond acceptors (Lipinski definition) is 1. The predicted molar refractivity (Wildman–Crippen MR) is 64.7 cm³/mol. The highest BCUT2D eigenvalue weighted by molar-refractivity contribution is 6.70. The molecule has 0 heterocycles. The molecule has 1 aromatic carbocycles. The first kappa shape index (κ1) is 12.0. The molecule has 0 aliphatic heterocycles. The molecule has 15 heavy (non-hydrogen) atoms. The van der Waals surface area contributed by atoms with E-state index >= 15 is 0 Å². The summed E-state index contributed by atoms with van der Waals surface area (Å²) in [5, 5.41) is 0. The molecule has 0 saturated heterocycles. The van der Waals surface area contributed by atoms with Gasteiger partial charge in [-0.25, -0.2) is 4.39 Å². The topological polar surface area (TPSA) is 9.23 Å².